The first kappa shape index (κ1) is 16.5. The van der Waals surface area contributed by atoms with Gasteiger partial charge in [-0.2, -0.15) is 0 Å². The fraction of sp³-hybridized carbons (Fsp3) is 0.733. The van der Waals surface area contributed by atoms with Crippen molar-refractivity contribution in [1.82, 2.24) is 16.0 Å². The second-order valence-electron chi connectivity index (χ2n) is 5.17. The molecule has 3 N–H and O–H groups in total. The van der Waals surface area contributed by atoms with Crippen LogP contribution in [-0.4, -0.2) is 37.0 Å². The largest absolute Gasteiger partial charge is 0.357 e. The Morgan fingerprint density at radius 2 is 2.05 bits per heavy atom. The Kier molecular flexibility index (Phi) is 7.77. The van der Waals surface area contributed by atoms with E-state index in [9.17, 15) is 4.79 Å². The first-order chi connectivity index (χ1) is 9.65. The van der Waals surface area contributed by atoms with E-state index >= 15 is 0 Å². The molecule has 1 aliphatic rings. The highest BCUT2D eigenvalue weighted by atomic mass is 16.1. The van der Waals surface area contributed by atoms with Crippen LogP contribution in [0.15, 0.2) is 17.1 Å². The van der Waals surface area contributed by atoms with Crippen LogP contribution in [0.5, 0.6) is 0 Å². The zero-order valence-electron chi connectivity index (χ0n) is 12.9. The number of guanidine groups is 1. The summed E-state index contributed by atoms with van der Waals surface area (Å²) >= 11 is 0. The number of amides is 1. The van der Waals surface area contributed by atoms with Gasteiger partial charge in [-0.05, 0) is 33.1 Å². The Hall–Kier alpha value is -1.52. The van der Waals surface area contributed by atoms with Gasteiger partial charge in [0.2, 0.25) is 5.91 Å². The Morgan fingerprint density at radius 1 is 1.35 bits per heavy atom. The van der Waals surface area contributed by atoms with Crippen LogP contribution in [0.2, 0.25) is 0 Å². The molecular weight excluding hydrogens is 252 g/mol. The van der Waals surface area contributed by atoms with E-state index in [0.29, 0.717) is 19.0 Å². The smallest absolute Gasteiger partial charge is 0.222 e. The van der Waals surface area contributed by atoms with Crippen LogP contribution in [0, 0.1) is 0 Å². The van der Waals surface area contributed by atoms with E-state index in [0.717, 1.165) is 31.8 Å². The van der Waals surface area contributed by atoms with Crippen LogP contribution in [0.3, 0.4) is 0 Å². The summed E-state index contributed by atoms with van der Waals surface area (Å²) in [5.74, 6) is 0.874. The average Bonchev–Trinajstić information content (AvgIpc) is 2.91. The van der Waals surface area contributed by atoms with Gasteiger partial charge in [-0.15, -0.1) is 0 Å². The van der Waals surface area contributed by atoms with E-state index in [1.54, 1.807) is 0 Å². The summed E-state index contributed by atoms with van der Waals surface area (Å²) in [6.07, 6.45) is 7.83. The minimum Gasteiger partial charge on any atom is -0.357 e. The summed E-state index contributed by atoms with van der Waals surface area (Å²) < 4.78 is 0. The van der Waals surface area contributed by atoms with Crippen LogP contribution < -0.4 is 16.0 Å². The Balaban J connectivity index is 2.32. The zero-order valence-corrected chi connectivity index (χ0v) is 12.9. The molecule has 0 saturated carbocycles. The molecule has 1 atom stereocenters. The van der Waals surface area contributed by atoms with Gasteiger partial charge in [0, 0.05) is 25.0 Å². The van der Waals surface area contributed by atoms with Gasteiger partial charge in [0.1, 0.15) is 0 Å². The van der Waals surface area contributed by atoms with Gasteiger partial charge in [-0.1, -0.05) is 19.1 Å². The summed E-state index contributed by atoms with van der Waals surface area (Å²) in [5.41, 5.74) is 0. The molecule has 0 fully saturated rings. The number of hydrogen-bond acceptors (Lipinski definition) is 2. The summed E-state index contributed by atoms with van der Waals surface area (Å²) in [6.45, 7) is 7.45. The highest BCUT2D eigenvalue weighted by molar-refractivity contribution is 5.81. The lowest BCUT2D eigenvalue weighted by Crippen LogP contribution is -2.42. The summed E-state index contributed by atoms with van der Waals surface area (Å²) in [6, 6.07) is 0.671. The second-order valence-corrected chi connectivity index (χ2v) is 5.17. The highest BCUT2D eigenvalue weighted by Gasteiger charge is 2.11. The Morgan fingerprint density at radius 3 is 2.65 bits per heavy atom. The second kappa shape index (κ2) is 9.39. The third kappa shape index (κ3) is 6.59. The minimum atomic E-state index is 0.0708. The third-order valence-electron chi connectivity index (χ3n) is 3.32. The number of hydrogen-bond donors (Lipinski definition) is 3. The van der Waals surface area contributed by atoms with Crippen molar-refractivity contribution in [2.45, 2.75) is 58.5 Å². The molecular formula is C15H28N4O. The summed E-state index contributed by atoms with van der Waals surface area (Å²) in [4.78, 5) is 16.1. The Bertz CT molecular complexity index is 344. The summed E-state index contributed by atoms with van der Waals surface area (Å²) in [5, 5.41) is 9.55. The maximum atomic E-state index is 11.7. The number of rotatable bonds is 7. The molecule has 0 aromatic rings. The number of carbonyl (C=O) groups is 1. The molecule has 5 heteroatoms. The Labute approximate surface area is 122 Å². The molecule has 0 bridgehead atoms. The first-order valence-corrected chi connectivity index (χ1v) is 7.64. The normalized spacial score (nSPS) is 17.1. The SMILES string of the molecule is CCNC(=NCCC(=O)NC(C)CC)NC1CC=CC1. The number of aliphatic imine (C=N–C) groups is 1. The highest BCUT2D eigenvalue weighted by Crippen LogP contribution is 2.08. The van der Waals surface area contributed by atoms with Crippen molar-refractivity contribution in [3.8, 4) is 0 Å². The van der Waals surface area contributed by atoms with Gasteiger partial charge < -0.3 is 16.0 Å². The quantitative estimate of drug-likeness (QED) is 0.377. The maximum Gasteiger partial charge on any atom is 0.222 e. The van der Waals surface area contributed by atoms with Crippen LogP contribution >= 0.6 is 0 Å². The molecule has 0 aliphatic heterocycles. The van der Waals surface area contributed by atoms with Crippen molar-refractivity contribution in [1.29, 1.82) is 0 Å². The monoisotopic (exact) mass is 280 g/mol. The fourth-order valence-corrected chi connectivity index (χ4v) is 1.97. The topological polar surface area (TPSA) is 65.5 Å². The van der Waals surface area contributed by atoms with E-state index in [1.165, 1.54) is 0 Å². The molecule has 20 heavy (non-hydrogen) atoms. The maximum absolute atomic E-state index is 11.7. The van der Waals surface area contributed by atoms with E-state index in [2.05, 4.69) is 40.0 Å². The van der Waals surface area contributed by atoms with Crippen molar-refractivity contribution in [3.05, 3.63) is 12.2 Å². The van der Waals surface area contributed by atoms with Crippen LogP contribution in [0.1, 0.15) is 46.5 Å². The molecule has 5 nitrogen and oxygen atoms in total. The summed E-state index contributed by atoms with van der Waals surface area (Å²) in [7, 11) is 0. The van der Waals surface area contributed by atoms with Crippen molar-refractivity contribution >= 4 is 11.9 Å². The molecule has 0 radical (unpaired) electrons. The molecule has 0 aromatic heterocycles. The minimum absolute atomic E-state index is 0.0708. The number of carbonyl (C=O) groups excluding carboxylic acids is 1. The zero-order chi connectivity index (χ0) is 14.8. The molecule has 1 unspecified atom stereocenters. The number of nitrogens with zero attached hydrogens (tertiary/aromatic N) is 1. The molecule has 0 heterocycles. The van der Waals surface area contributed by atoms with Crippen LogP contribution in [0.25, 0.3) is 0 Å². The van der Waals surface area contributed by atoms with E-state index in [-0.39, 0.29) is 11.9 Å². The van der Waals surface area contributed by atoms with E-state index < -0.39 is 0 Å². The lowest BCUT2D eigenvalue weighted by atomic mass is 10.2. The molecule has 0 spiro atoms. The molecule has 0 aromatic carbocycles. The molecule has 1 amide bonds. The standard InChI is InChI=1S/C15H28N4O/c1-4-12(3)18-14(20)10-11-17-15(16-5-2)19-13-8-6-7-9-13/h6-7,12-13H,4-5,8-11H2,1-3H3,(H,18,20)(H2,16,17,19). The lowest BCUT2D eigenvalue weighted by Gasteiger charge is -2.16. The fourth-order valence-electron chi connectivity index (χ4n) is 1.97. The van der Waals surface area contributed by atoms with Gasteiger partial charge >= 0.3 is 0 Å². The van der Waals surface area contributed by atoms with Gasteiger partial charge in [-0.25, -0.2) is 0 Å². The van der Waals surface area contributed by atoms with Gasteiger partial charge in [-0.3, -0.25) is 9.79 Å². The van der Waals surface area contributed by atoms with Crippen molar-refractivity contribution < 1.29 is 4.79 Å². The van der Waals surface area contributed by atoms with Crippen LogP contribution in [-0.2, 0) is 4.79 Å². The predicted molar refractivity (Wildman–Crippen MR) is 83.8 cm³/mol. The molecule has 1 aliphatic carbocycles. The van der Waals surface area contributed by atoms with E-state index in [1.807, 2.05) is 13.8 Å². The van der Waals surface area contributed by atoms with Crippen LogP contribution in [0.4, 0.5) is 0 Å². The number of nitrogens with one attached hydrogen (secondary N) is 3. The predicted octanol–water partition coefficient (Wildman–Crippen LogP) is 1.56. The molecule has 0 saturated heterocycles. The first-order valence-electron chi connectivity index (χ1n) is 7.64. The van der Waals surface area contributed by atoms with Crippen molar-refractivity contribution in [3.63, 3.8) is 0 Å². The van der Waals surface area contributed by atoms with E-state index in [4.69, 9.17) is 0 Å². The van der Waals surface area contributed by atoms with Gasteiger partial charge in [0.25, 0.3) is 0 Å². The molecule has 1 rings (SSSR count). The average molecular weight is 280 g/mol. The van der Waals surface area contributed by atoms with Gasteiger partial charge in [0.15, 0.2) is 5.96 Å². The van der Waals surface area contributed by atoms with Crippen molar-refractivity contribution in [2.75, 3.05) is 13.1 Å². The third-order valence-corrected chi connectivity index (χ3v) is 3.32. The molecule has 114 valence electrons. The van der Waals surface area contributed by atoms with Crippen molar-refractivity contribution in [2.24, 2.45) is 4.99 Å². The lowest BCUT2D eigenvalue weighted by molar-refractivity contribution is -0.121. The van der Waals surface area contributed by atoms with Gasteiger partial charge in [0.05, 0.1) is 6.54 Å².